The summed E-state index contributed by atoms with van der Waals surface area (Å²) in [5.74, 6) is 2.43. The highest BCUT2D eigenvalue weighted by molar-refractivity contribution is 5.42. The van der Waals surface area contributed by atoms with Gasteiger partial charge in [-0.2, -0.15) is 0 Å². The molecule has 0 spiro atoms. The van der Waals surface area contributed by atoms with Gasteiger partial charge in [-0.05, 0) is 43.5 Å². The van der Waals surface area contributed by atoms with Gasteiger partial charge >= 0.3 is 0 Å². The molecule has 0 aromatic heterocycles. The van der Waals surface area contributed by atoms with Crippen molar-refractivity contribution in [3.05, 3.63) is 23.8 Å². The Hall–Kier alpha value is -1.26. The summed E-state index contributed by atoms with van der Waals surface area (Å²) in [6, 6.07) is 5.76. The fourth-order valence-electron chi connectivity index (χ4n) is 2.96. The number of likely N-dealkylation sites (tertiary alicyclic amines) is 1. The summed E-state index contributed by atoms with van der Waals surface area (Å²) >= 11 is 0. The summed E-state index contributed by atoms with van der Waals surface area (Å²) in [5.41, 5.74) is 7.41. The molecule has 1 saturated heterocycles. The highest BCUT2D eigenvalue weighted by Gasteiger charge is 2.21. The van der Waals surface area contributed by atoms with Crippen LogP contribution in [0, 0.1) is 5.92 Å². The zero-order chi connectivity index (χ0) is 14.5. The van der Waals surface area contributed by atoms with Crippen molar-refractivity contribution in [2.75, 3.05) is 33.9 Å². The Morgan fingerprint density at radius 2 is 2.15 bits per heavy atom. The van der Waals surface area contributed by atoms with Gasteiger partial charge in [0.25, 0.3) is 0 Å². The third kappa shape index (κ3) is 3.64. The van der Waals surface area contributed by atoms with Gasteiger partial charge < -0.3 is 20.1 Å². The largest absolute Gasteiger partial charge is 0.497 e. The van der Waals surface area contributed by atoms with Crippen LogP contribution in [0.5, 0.6) is 11.5 Å². The molecule has 1 aromatic rings. The van der Waals surface area contributed by atoms with E-state index < -0.39 is 0 Å². The molecule has 2 rings (SSSR count). The molecule has 0 radical (unpaired) electrons. The number of nitrogens with zero attached hydrogens (tertiary/aromatic N) is 1. The van der Waals surface area contributed by atoms with Crippen molar-refractivity contribution >= 4 is 0 Å². The Bertz CT molecular complexity index is 436. The molecule has 2 unspecified atom stereocenters. The van der Waals surface area contributed by atoms with Crippen molar-refractivity contribution in [1.82, 2.24) is 4.90 Å². The summed E-state index contributed by atoms with van der Waals surface area (Å²) in [5, 5.41) is 0. The molecular formula is C16H26N2O2. The maximum absolute atomic E-state index is 6.39. The number of hydrogen-bond acceptors (Lipinski definition) is 4. The Morgan fingerprint density at radius 1 is 1.35 bits per heavy atom. The van der Waals surface area contributed by atoms with Gasteiger partial charge in [0.05, 0.1) is 14.2 Å². The summed E-state index contributed by atoms with van der Waals surface area (Å²) in [7, 11) is 3.35. The number of hydrogen-bond donors (Lipinski definition) is 1. The maximum atomic E-state index is 6.39. The van der Waals surface area contributed by atoms with Crippen molar-refractivity contribution in [2.24, 2.45) is 11.7 Å². The van der Waals surface area contributed by atoms with Crippen molar-refractivity contribution in [3.63, 3.8) is 0 Å². The minimum absolute atomic E-state index is 0.0506. The molecule has 20 heavy (non-hydrogen) atoms. The Labute approximate surface area is 121 Å². The zero-order valence-electron chi connectivity index (χ0n) is 12.8. The van der Waals surface area contributed by atoms with Crippen LogP contribution in [0.15, 0.2) is 18.2 Å². The van der Waals surface area contributed by atoms with Crippen LogP contribution in [-0.4, -0.2) is 38.8 Å². The van der Waals surface area contributed by atoms with E-state index in [0.29, 0.717) is 0 Å². The van der Waals surface area contributed by atoms with E-state index in [9.17, 15) is 0 Å². The molecule has 1 aromatic carbocycles. The molecule has 0 saturated carbocycles. The molecule has 4 nitrogen and oxygen atoms in total. The van der Waals surface area contributed by atoms with Crippen LogP contribution in [0.4, 0.5) is 0 Å². The normalized spacial score (nSPS) is 21.5. The Morgan fingerprint density at radius 3 is 2.80 bits per heavy atom. The van der Waals surface area contributed by atoms with Crippen LogP contribution in [0.1, 0.15) is 31.4 Å². The molecule has 1 aliphatic rings. The molecule has 1 fully saturated rings. The highest BCUT2D eigenvalue weighted by Crippen LogP contribution is 2.29. The second-order valence-electron chi connectivity index (χ2n) is 5.72. The molecule has 2 atom stereocenters. The van der Waals surface area contributed by atoms with Crippen LogP contribution in [-0.2, 0) is 0 Å². The fraction of sp³-hybridized carbons (Fsp3) is 0.625. The lowest BCUT2D eigenvalue weighted by Crippen LogP contribution is -2.39. The lowest BCUT2D eigenvalue weighted by Gasteiger charge is -2.33. The first kappa shape index (κ1) is 15.1. The van der Waals surface area contributed by atoms with Crippen LogP contribution in [0.2, 0.25) is 0 Å². The van der Waals surface area contributed by atoms with E-state index in [0.717, 1.165) is 42.6 Å². The topological polar surface area (TPSA) is 47.7 Å². The molecule has 0 amide bonds. The van der Waals surface area contributed by atoms with Gasteiger partial charge in [-0.1, -0.05) is 6.92 Å². The van der Waals surface area contributed by atoms with Gasteiger partial charge in [0.1, 0.15) is 11.5 Å². The van der Waals surface area contributed by atoms with Gasteiger partial charge in [0.15, 0.2) is 0 Å². The van der Waals surface area contributed by atoms with Crippen molar-refractivity contribution in [1.29, 1.82) is 0 Å². The molecule has 0 bridgehead atoms. The van der Waals surface area contributed by atoms with Gasteiger partial charge in [0.2, 0.25) is 0 Å². The lowest BCUT2D eigenvalue weighted by molar-refractivity contribution is 0.174. The average Bonchev–Trinajstić information content (AvgIpc) is 2.46. The summed E-state index contributed by atoms with van der Waals surface area (Å²) in [4.78, 5) is 2.46. The molecule has 2 N–H and O–H groups in total. The van der Waals surface area contributed by atoms with Crippen molar-refractivity contribution < 1.29 is 9.47 Å². The minimum Gasteiger partial charge on any atom is -0.497 e. The first-order chi connectivity index (χ1) is 9.63. The fourth-order valence-corrected chi connectivity index (χ4v) is 2.96. The summed E-state index contributed by atoms with van der Waals surface area (Å²) in [6.45, 7) is 5.46. The van der Waals surface area contributed by atoms with Crippen LogP contribution < -0.4 is 15.2 Å². The van der Waals surface area contributed by atoms with E-state index in [4.69, 9.17) is 15.2 Å². The number of piperidine rings is 1. The second kappa shape index (κ2) is 6.95. The summed E-state index contributed by atoms with van der Waals surface area (Å²) in [6.07, 6.45) is 2.59. The monoisotopic (exact) mass is 278 g/mol. The molecule has 112 valence electrons. The standard InChI is InChI=1S/C16H26N2O2/c1-12-5-4-8-18(10-12)11-15(17)14-9-13(19-2)6-7-16(14)20-3/h6-7,9,12,15H,4-5,8,10-11,17H2,1-3H3. The minimum atomic E-state index is -0.0506. The van der Waals surface area contributed by atoms with E-state index >= 15 is 0 Å². The van der Waals surface area contributed by atoms with E-state index in [-0.39, 0.29) is 6.04 Å². The number of rotatable bonds is 5. The summed E-state index contributed by atoms with van der Waals surface area (Å²) < 4.78 is 10.7. The van der Waals surface area contributed by atoms with E-state index in [2.05, 4.69) is 11.8 Å². The van der Waals surface area contributed by atoms with Crippen LogP contribution in [0.3, 0.4) is 0 Å². The average molecular weight is 278 g/mol. The highest BCUT2D eigenvalue weighted by atomic mass is 16.5. The predicted octanol–water partition coefficient (Wildman–Crippen LogP) is 2.44. The Kier molecular flexibility index (Phi) is 5.26. The number of benzene rings is 1. The Balaban J connectivity index is 2.09. The van der Waals surface area contributed by atoms with E-state index in [1.54, 1.807) is 14.2 Å². The molecule has 1 heterocycles. The van der Waals surface area contributed by atoms with Crippen LogP contribution >= 0.6 is 0 Å². The predicted molar refractivity (Wildman–Crippen MR) is 81.3 cm³/mol. The molecule has 0 aliphatic carbocycles. The van der Waals surface area contributed by atoms with Crippen molar-refractivity contribution in [2.45, 2.75) is 25.8 Å². The first-order valence-corrected chi connectivity index (χ1v) is 7.34. The maximum Gasteiger partial charge on any atom is 0.123 e. The SMILES string of the molecule is COc1ccc(OC)c(C(N)CN2CCCC(C)C2)c1. The zero-order valence-corrected chi connectivity index (χ0v) is 12.8. The van der Waals surface area contributed by atoms with Crippen molar-refractivity contribution in [3.8, 4) is 11.5 Å². The van der Waals surface area contributed by atoms with Gasteiger partial charge in [-0.15, -0.1) is 0 Å². The van der Waals surface area contributed by atoms with Crippen LogP contribution in [0.25, 0.3) is 0 Å². The number of nitrogens with two attached hydrogens (primary N) is 1. The second-order valence-corrected chi connectivity index (χ2v) is 5.72. The van der Waals surface area contributed by atoms with Gasteiger partial charge in [-0.25, -0.2) is 0 Å². The number of methoxy groups -OCH3 is 2. The third-order valence-corrected chi connectivity index (χ3v) is 4.03. The third-order valence-electron chi connectivity index (χ3n) is 4.03. The quantitative estimate of drug-likeness (QED) is 0.898. The van der Waals surface area contributed by atoms with E-state index in [1.807, 2.05) is 18.2 Å². The van der Waals surface area contributed by atoms with Gasteiger partial charge in [0, 0.05) is 24.7 Å². The smallest absolute Gasteiger partial charge is 0.123 e. The molecular weight excluding hydrogens is 252 g/mol. The van der Waals surface area contributed by atoms with Gasteiger partial charge in [-0.3, -0.25) is 0 Å². The molecule has 4 heteroatoms. The molecule has 1 aliphatic heterocycles. The first-order valence-electron chi connectivity index (χ1n) is 7.34. The lowest BCUT2D eigenvalue weighted by atomic mass is 9.98. The number of ether oxygens (including phenoxy) is 2. The van der Waals surface area contributed by atoms with E-state index in [1.165, 1.54) is 12.8 Å².